The number of rotatable bonds is 3. The number of nitro benzene ring substituents is 1. The van der Waals surface area contributed by atoms with Gasteiger partial charge in [0.05, 0.1) is 17.6 Å². The van der Waals surface area contributed by atoms with Crippen LogP contribution < -0.4 is 10.5 Å². The van der Waals surface area contributed by atoms with E-state index < -0.39 is 10.7 Å². The van der Waals surface area contributed by atoms with Crippen molar-refractivity contribution < 1.29 is 14.1 Å². The van der Waals surface area contributed by atoms with E-state index in [1.54, 1.807) is 0 Å². The molecule has 112 valence electrons. The molecule has 0 fully saturated rings. The third kappa shape index (κ3) is 2.31. The van der Waals surface area contributed by atoms with Crippen LogP contribution in [0.4, 0.5) is 15.8 Å². The van der Waals surface area contributed by atoms with Crippen LogP contribution in [0.15, 0.2) is 24.3 Å². The van der Waals surface area contributed by atoms with Crippen LogP contribution in [0.2, 0.25) is 0 Å². The molecular weight excluding hydrogens is 289 g/mol. The summed E-state index contributed by atoms with van der Waals surface area (Å²) in [7, 11) is 1.29. The van der Waals surface area contributed by atoms with E-state index in [0.29, 0.717) is 5.56 Å². The van der Waals surface area contributed by atoms with Crippen molar-refractivity contribution in [2.75, 3.05) is 12.8 Å². The van der Waals surface area contributed by atoms with Crippen LogP contribution in [-0.4, -0.2) is 12.0 Å². The Morgan fingerprint density at radius 2 is 2.14 bits per heavy atom. The van der Waals surface area contributed by atoms with Gasteiger partial charge in [-0.2, -0.15) is 5.26 Å². The number of hydrogen-bond acceptors (Lipinski definition) is 5. The minimum Gasteiger partial charge on any atom is -0.493 e. The Morgan fingerprint density at radius 3 is 2.68 bits per heavy atom. The van der Waals surface area contributed by atoms with Crippen molar-refractivity contribution in [2.24, 2.45) is 0 Å². The molecule has 22 heavy (non-hydrogen) atoms. The number of anilines is 1. The normalized spacial score (nSPS) is 10.1. The van der Waals surface area contributed by atoms with Gasteiger partial charge in [-0.1, -0.05) is 12.1 Å². The van der Waals surface area contributed by atoms with E-state index >= 15 is 0 Å². The topological polar surface area (TPSA) is 102 Å². The molecule has 0 heterocycles. The largest absolute Gasteiger partial charge is 0.493 e. The smallest absolute Gasteiger partial charge is 0.270 e. The first-order valence-corrected chi connectivity index (χ1v) is 6.22. The Kier molecular flexibility index (Phi) is 3.95. The van der Waals surface area contributed by atoms with Crippen LogP contribution in [0.25, 0.3) is 11.1 Å². The Hall–Kier alpha value is -3.14. The maximum absolute atomic E-state index is 14.6. The highest BCUT2D eigenvalue weighted by atomic mass is 19.1. The summed E-state index contributed by atoms with van der Waals surface area (Å²) in [5.41, 5.74) is 5.95. The molecule has 6 nitrogen and oxygen atoms in total. The summed E-state index contributed by atoms with van der Waals surface area (Å²) in [6, 6.07) is 7.42. The molecule has 0 aliphatic carbocycles. The number of nitrogen functional groups attached to an aromatic ring is 1. The van der Waals surface area contributed by atoms with Crippen LogP contribution in [0.1, 0.15) is 11.1 Å². The van der Waals surface area contributed by atoms with Gasteiger partial charge in [-0.05, 0) is 18.1 Å². The van der Waals surface area contributed by atoms with Gasteiger partial charge in [0.15, 0.2) is 11.6 Å². The average molecular weight is 301 g/mol. The van der Waals surface area contributed by atoms with Crippen LogP contribution in [0.3, 0.4) is 0 Å². The fourth-order valence-electron chi connectivity index (χ4n) is 2.29. The van der Waals surface area contributed by atoms with Gasteiger partial charge in [-0.15, -0.1) is 0 Å². The van der Waals surface area contributed by atoms with E-state index in [9.17, 15) is 19.8 Å². The highest BCUT2D eigenvalue weighted by molar-refractivity contribution is 5.80. The summed E-state index contributed by atoms with van der Waals surface area (Å²) in [5, 5.41) is 20.1. The number of ether oxygens (including phenoxy) is 1. The summed E-state index contributed by atoms with van der Waals surface area (Å²) < 4.78 is 19.5. The average Bonchev–Trinajstić information content (AvgIpc) is 2.51. The monoisotopic (exact) mass is 301 g/mol. The van der Waals surface area contributed by atoms with Crippen LogP contribution >= 0.6 is 0 Å². The number of benzene rings is 2. The van der Waals surface area contributed by atoms with Crippen molar-refractivity contribution in [3.63, 3.8) is 0 Å². The van der Waals surface area contributed by atoms with Crippen LogP contribution in [0, 0.1) is 34.2 Å². The van der Waals surface area contributed by atoms with E-state index in [1.165, 1.54) is 38.3 Å². The lowest BCUT2D eigenvalue weighted by Crippen LogP contribution is -2.04. The zero-order valence-corrected chi connectivity index (χ0v) is 11.9. The Labute approximate surface area is 125 Å². The second-order valence-electron chi connectivity index (χ2n) is 4.56. The molecule has 0 saturated heterocycles. The molecule has 2 rings (SSSR count). The highest BCUT2D eigenvalue weighted by Gasteiger charge is 2.23. The van der Waals surface area contributed by atoms with Gasteiger partial charge in [0, 0.05) is 17.7 Å². The molecule has 0 unspecified atom stereocenters. The van der Waals surface area contributed by atoms with Crippen LogP contribution in [0.5, 0.6) is 5.75 Å². The van der Waals surface area contributed by atoms with Crippen molar-refractivity contribution in [3.05, 3.63) is 51.3 Å². The summed E-state index contributed by atoms with van der Waals surface area (Å²) in [5.74, 6) is -0.805. The number of non-ortho nitro benzene ring substituents is 1. The van der Waals surface area contributed by atoms with Crippen molar-refractivity contribution in [3.8, 4) is 22.9 Å². The molecule has 0 spiro atoms. The molecule has 2 aromatic rings. The van der Waals surface area contributed by atoms with Gasteiger partial charge < -0.3 is 10.5 Å². The first-order valence-electron chi connectivity index (χ1n) is 6.22. The lowest BCUT2D eigenvalue weighted by atomic mass is 9.94. The zero-order valence-electron chi connectivity index (χ0n) is 11.9. The number of nitrogens with zero attached hydrogens (tertiary/aromatic N) is 2. The van der Waals surface area contributed by atoms with E-state index in [4.69, 9.17) is 10.5 Å². The molecule has 0 aromatic heterocycles. The quantitative estimate of drug-likeness (QED) is 0.533. The molecule has 7 heteroatoms. The second-order valence-corrected chi connectivity index (χ2v) is 4.56. The predicted octanol–water partition coefficient (Wildman–Crippen LogP) is 3.17. The fraction of sp³-hybridized carbons (Fsp3) is 0.133. The van der Waals surface area contributed by atoms with Gasteiger partial charge in [-0.3, -0.25) is 10.1 Å². The third-order valence-electron chi connectivity index (χ3n) is 3.34. The Bertz CT molecular complexity index is 813. The van der Waals surface area contributed by atoms with E-state index in [-0.39, 0.29) is 33.8 Å². The lowest BCUT2D eigenvalue weighted by Gasteiger charge is -2.15. The Balaban J connectivity index is 2.82. The molecule has 0 radical (unpaired) electrons. The van der Waals surface area contributed by atoms with Crippen molar-refractivity contribution in [2.45, 2.75) is 6.92 Å². The number of nitrogens with two attached hydrogens (primary N) is 1. The second kappa shape index (κ2) is 5.69. The van der Waals surface area contributed by atoms with E-state index in [2.05, 4.69) is 0 Å². The maximum atomic E-state index is 14.6. The standard InChI is InChI=1S/C15H12FN3O3/c1-8-11(7-17)15(22-2)14(18)13(16)12(8)9-4-3-5-10(6-9)19(20)21/h3-6H,18H2,1-2H3. The molecule has 0 amide bonds. The molecule has 0 aliphatic heterocycles. The van der Waals surface area contributed by atoms with Gasteiger partial charge in [-0.25, -0.2) is 4.39 Å². The Morgan fingerprint density at radius 1 is 1.45 bits per heavy atom. The van der Waals surface area contributed by atoms with Crippen molar-refractivity contribution >= 4 is 11.4 Å². The van der Waals surface area contributed by atoms with Crippen molar-refractivity contribution in [1.82, 2.24) is 0 Å². The minimum atomic E-state index is -0.770. The van der Waals surface area contributed by atoms with Gasteiger partial charge in [0.25, 0.3) is 5.69 Å². The highest BCUT2D eigenvalue weighted by Crippen LogP contribution is 2.40. The van der Waals surface area contributed by atoms with Gasteiger partial charge in [0.2, 0.25) is 0 Å². The number of methoxy groups -OCH3 is 1. The predicted molar refractivity (Wildman–Crippen MR) is 78.9 cm³/mol. The fourth-order valence-corrected chi connectivity index (χ4v) is 2.29. The summed E-state index contributed by atoms with van der Waals surface area (Å²) in [6.45, 7) is 1.54. The molecule has 0 atom stereocenters. The summed E-state index contributed by atoms with van der Waals surface area (Å²) in [4.78, 5) is 10.3. The van der Waals surface area contributed by atoms with Crippen LogP contribution in [-0.2, 0) is 0 Å². The van der Waals surface area contributed by atoms with Crippen molar-refractivity contribution in [1.29, 1.82) is 5.26 Å². The van der Waals surface area contributed by atoms with Gasteiger partial charge >= 0.3 is 0 Å². The zero-order chi connectivity index (χ0) is 16.4. The maximum Gasteiger partial charge on any atom is 0.270 e. The first kappa shape index (κ1) is 15.3. The minimum absolute atomic E-state index is 0.0355. The lowest BCUT2D eigenvalue weighted by molar-refractivity contribution is -0.384. The van der Waals surface area contributed by atoms with E-state index in [1.807, 2.05) is 6.07 Å². The number of halogens is 1. The summed E-state index contributed by atoms with van der Waals surface area (Å²) >= 11 is 0. The number of nitro groups is 1. The number of hydrogen-bond donors (Lipinski definition) is 1. The summed E-state index contributed by atoms with van der Waals surface area (Å²) in [6.07, 6.45) is 0. The molecule has 0 aliphatic rings. The van der Waals surface area contributed by atoms with Gasteiger partial charge in [0.1, 0.15) is 11.8 Å². The number of nitriles is 1. The SMILES string of the molecule is COc1c(N)c(F)c(-c2cccc([N+](=O)[O-])c2)c(C)c1C#N. The molecule has 2 aromatic carbocycles. The third-order valence-corrected chi connectivity index (χ3v) is 3.34. The molecule has 2 N–H and O–H groups in total. The molecule has 0 saturated carbocycles. The first-order chi connectivity index (χ1) is 10.4. The molecular formula is C15H12FN3O3. The van der Waals surface area contributed by atoms with E-state index in [0.717, 1.165) is 0 Å². The molecule has 0 bridgehead atoms.